The summed E-state index contributed by atoms with van der Waals surface area (Å²) in [6.45, 7) is 3.31. The SMILES string of the molecule is O=C(NCC(=O)N1CCN(Cc2ccccc2)CC1)c1cc(F)cc(F)c1. The molecule has 0 bridgehead atoms. The fourth-order valence-electron chi connectivity index (χ4n) is 3.05. The van der Waals surface area contributed by atoms with Crippen molar-refractivity contribution in [3.05, 3.63) is 71.3 Å². The molecule has 0 unspecified atom stereocenters. The molecule has 0 spiro atoms. The number of carbonyl (C=O) groups is 2. The maximum atomic E-state index is 13.2. The molecule has 27 heavy (non-hydrogen) atoms. The predicted octanol–water partition coefficient (Wildman–Crippen LogP) is 2.04. The number of hydrogen-bond donors (Lipinski definition) is 1. The molecule has 0 aromatic heterocycles. The molecule has 1 fully saturated rings. The third kappa shape index (κ3) is 5.34. The van der Waals surface area contributed by atoms with Crippen LogP contribution in [0.15, 0.2) is 48.5 Å². The number of hydrogen-bond acceptors (Lipinski definition) is 3. The largest absolute Gasteiger partial charge is 0.343 e. The van der Waals surface area contributed by atoms with Gasteiger partial charge in [-0.25, -0.2) is 8.78 Å². The maximum absolute atomic E-state index is 13.2. The second kappa shape index (κ2) is 8.73. The number of rotatable bonds is 5. The molecule has 1 N–H and O–H groups in total. The monoisotopic (exact) mass is 373 g/mol. The zero-order valence-corrected chi connectivity index (χ0v) is 14.8. The first-order chi connectivity index (χ1) is 13.0. The van der Waals surface area contributed by atoms with Gasteiger partial charge in [-0.1, -0.05) is 30.3 Å². The van der Waals surface area contributed by atoms with Gasteiger partial charge < -0.3 is 10.2 Å². The number of amides is 2. The van der Waals surface area contributed by atoms with E-state index < -0.39 is 17.5 Å². The van der Waals surface area contributed by atoms with E-state index in [-0.39, 0.29) is 18.0 Å². The van der Waals surface area contributed by atoms with Crippen molar-refractivity contribution in [1.29, 1.82) is 0 Å². The first-order valence-electron chi connectivity index (χ1n) is 8.79. The van der Waals surface area contributed by atoms with Crippen LogP contribution in [0.3, 0.4) is 0 Å². The lowest BCUT2D eigenvalue weighted by Crippen LogP contribution is -2.50. The lowest BCUT2D eigenvalue weighted by Gasteiger charge is -2.34. The zero-order chi connectivity index (χ0) is 19.2. The highest BCUT2D eigenvalue weighted by Crippen LogP contribution is 2.09. The van der Waals surface area contributed by atoms with Crippen molar-refractivity contribution in [2.45, 2.75) is 6.54 Å². The number of nitrogens with one attached hydrogen (secondary N) is 1. The quantitative estimate of drug-likeness (QED) is 0.873. The van der Waals surface area contributed by atoms with Gasteiger partial charge in [-0.05, 0) is 17.7 Å². The Bertz CT molecular complexity index is 786. The minimum Gasteiger partial charge on any atom is -0.343 e. The van der Waals surface area contributed by atoms with E-state index >= 15 is 0 Å². The van der Waals surface area contributed by atoms with Crippen molar-refractivity contribution in [1.82, 2.24) is 15.1 Å². The Balaban J connectivity index is 1.45. The van der Waals surface area contributed by atoms with Gasteiger partial charge in [0.15, 0.2) is 0 Å². The van der Waals surface area contributed by atoms with E-state index in [1.54, 1.807) is 4.90 Å². The summed E-state index contributed by atoms with van der Waals surface area (Å²) < 4.78 is 26.3. The highest BCUT2D eigenvalue weighted by atomic mass is 19.1. The van der Waals surface area contributed by atoms with Crippen LogP contribution in [-0.4, -0.2) is 54.3 Å². The first kappa shape index (κ1) is 19.0. The molecular formula is C20H21F2N3O2. The summed E-state index contributed by atoms with van der Waals surface area (Å²) in [6.07, 6.45) is 0. The summed E-state index contributed by atoms with van der Waals surface area (Å²) in [5.41, 5.74) is 1.08. The molecule has 2 aromatic carbocycles. The van der Waals surface area contributed by atoms with Gasteiger partial charge >= 0.3 is 0 Å². The van der Waals surface area contributed by atoms with Crippen LogP contribution in [0.25, 0.3) is 0 Å². The van der Waals surface area contributed by atoms with Crippen LogP contribution in [0, 0.1) is 11.6 Å². The molecule has 1 aliphatic rings. The lowest BCUT2D eigenvalue weighted by atomic mass is 10.2. The standard InChI is InChI=1S/C20H21F2N3O2/c21-17-10-16(11-18(22)12-17)20(27)23-13-19(26)25-8-6-24(7-9-25)14-15-4-2-1-3-5-15/h1-5,10-12H,6-9,13-14H2,(H,23,27). The Kier molecular flexibility index (Phi) is 6.13. The molecule has 2 aromatic rings. The molecule has 1 heterocycles. The van der Waals surface area contributed by atoms with Gasteiger partial charge in [0.05, 0.1) is 6.54 Å². The Hall–Kier alpha value is -2.80. The van der Waals surface area contributed by atoms with Gasteiger partial charge in [0, 0.05) is 44.4 Å². The topological polar surface area (TPSA) is 52.7 Å². The van der Waals surface area contributed by atoms with Gasteiger partial charge in [-0.15, -0.1) is 0 Å². The zero-order valence-electron chi connectivity index (χ0n) is 14.8. The summed E-state index contributed by atoms with van der Waals surface area (Å²) in [6, 6.07) is 12.7. The van der Waals surface area contributed by atoms with E-state index in [4.69, 9.17) is 0 Å². The van der Waals surface area contributed by atoms with Crippen LogP contribution in [-0.2, 0) is 11.3 Å². The number of carbonyl (C=O) groups excluding carboxylic acids is 2. The van der Waals surface area contributed by atoms with Gasteiger partial charge in [-0.2, -0.15) is 0 Å². The Morgan fingerprint density at radius 1 is 0.926 bits per heavy atom. The Morgan fingerprint density at radius 3 is 2.19 bits per heavy atom. The Morgan fingerprint density at radius 2 is 1.56 bits per heavy atom. The molecular weight excluding hydrogens is 352 g/mol. The van der Waals surface area contributed by atoms with E-state index in [2.05, 4.69) is 22.3 Å². The fourth-order valence-corrected chi connectivity index (χ4v) is 3.05. The molecule has 3 rings (SSSR count). The Labute approximate surface area is 156 Å². The first-order valence-corrected chi connectivity index (χ1v) is 8.79. The number of piperazine rings is 1. The smallest absolute Gasteiger partial charge is 0.251 e. The minimum absolute atomic E-state index is 0.145. The number of halogens is 2. The highest BCUT2D eigenvalue weighted by Gasteiger charge is 2.21. The molecule has 0 saturated carbocycles. The van der Waals surface area contributed by atoms with Crippen LogP contribution < -0.4 is 5.32 Å². The average Bonchev–Trinajstić information content (AvgIpc) is 2.66. The van der Waals surface area contributed by atoms with E-state index in [1.165, 1.54) is 5.56 Å². The van der Waals surface area contributed by atoms with E-state index in [0.717, 1.165) is 31.8 Å². The van der Waals surface area contributed by atoms with Crippen molar-refractivity contribution in [2.24, 2.45) is 0 Å². The third-order valence-corrected chi connectivity index (χ3v) is 4.50. The van der Waals surface area contributed by atoms with Crippen LogP contribution in [0.2, 0.25) is 0 Å². The van der Waals surface area contributed by atoms with Crippen LogP contribution in [0.5, 0.6) is 0 Å². The van der Waals surface area contributed by atoms with Crippen LogP contribution in [0.1, 0.15) is 15.9 Å². The molecule has 1 saturated heterocycles. The number of benzene rings is 2. The molecule has 7 heteroatoms. The summed E-state index contributed by atoms with van der Waals surface area (Å²) in [7, 11) is 0. The molecule has 5 nitrogen and oxygen atoms in total. The van der Waals surface area contributed by atoms with Crippen molar-refractivity contribution in [2.75, 3.05) is 32.7 Å². The van der Waals surface area contributed by atoms with Crippen molar-refractivity contribution in [3.8, 4) is 0 Å². The molecule has 0 aliphatic carbocycles. The van der Waals surface area contributed by atoms with Crippen molar-refractivity contribution < 1.29 is 18.4 Å². The predicted molar refractivity (Wildman–Crippen MR) is 97.0 cm³/mol. The van der Waals surface area contributed by atoms with Gasteiger partial charge in [0.25, 0.3) is 5.91 Å². The molecule has 0 atom stereocenters. The molecule has 0 radical (unpaired) electrons. The average molecular weight is 373 g/mol. The van der Waals surface area contributed by atoms with Crippen molar-refractivity contribution >= 4 is 11.8 Å². The van der Waals surface area contributed by atoms with Crippen LogP contribution >= 0.6 is 0 Å². The summed E-state index contributed by atoms with van der Waals surface area (Å²) >= 11 is 0. The molecule has 142 valence electrons. The molecule has 1 aliphatic heterocycles. The molecule has 2 amide bonds. The lowest BCUT2D eigenvalue weighted by molar-refractivity contribution is -0.131. The minimum atomic E-state index is -0.832. The van der Waals surface area contributed by atoms with Gasteiger partial charge in [0.2, 0.25) is 5.91 Å². The highest BCUT2D eigenvalue weighted by molar-refractivity contribution is 5.96. The number of nitrogens with zero attached hydrogens (tertiary/aromatic N) is 2. The van der Waals surface area contributed by atoms with E-state index in [1.807, 2.05) is 18.2 Å². The van der Waals surface area contributed by atoms with E-state index in [0.29, 0.717) is 19.2 Å². The summed E-state index contributed by atoms with van der Waals surface area (Å²) in [5.74, 6) is -2.55. The fraction of sp³-hybridized carbons (Fsp3) is 0.300. The van der Waals surface area contributed by atoms with Gasteiger partial charge in [-0.3, -0.25) is 14.5 Å². The normalized spacial score (nSPS) is 14.8. The second-order valence-corrected chi connectivity index (χ2v) is 6.48. The summed E-state index contributed by atoms with van der Waals surface area (Å²) in [4.78, 5) is 28.2. The van der Waals surface area contributed by atoms with E-state index in [9.17, 15) is 18.4 Å². The van der Waals surface area contributed by atoms with Gasteiger partial charge in [0.1, 0.15) is 11.6 Å². The maximum Gasteiger partial charge on any atom is 0.251 e. The third-order valence-electron chi connectivity index (χ3n) is 4.50. The summed E-state index contributed by atoms with van der Waals surface area (Å²) in [5, 5.41) is 2.42. The van der Waals surface area contributed by atoms with Crippen LogP contribution in [0.4, 0.5) is 8.78 Å². The van der Waals surface area contributed by atoms with Crippen molar-refractivity contribution in [3.63, 3.8) is 0 Å². The second-order valence-electron chi connectivity index (χ2n) is 6.48.